The zero-order valence-corrected chi connectivity index (χ0v) is 15.7. The molecule has 0 aliphatic carbocycles. The minimum Gasteiger partial charge on any atom is -0.350 e. The van der Waals surface area contributed by atoms with E-state index in [1.54, 1.807) is 6.92 Å². The predicted octanol–water partition coefficient (Wildman–Crippen LogP) is 4.39. The summed E-state index contributed by atoms with van der Waals surface area (Å²) in [5.41, 5.74) is 2.56. The van der Waals surface area contributed by atoms with Crippen LogP contribution in [-0.2, 0) is 17.6 Å². The van der Waals surface area contributed by atoms with E-state index in [2.05, 4.69) is 22.4 Å². The molecule has 0 aliphatic heterocycles. The Labute approximate surface area is 161 Å². The van der Waals surface area contributed by atoms with Gasteiger partial charge in [0.1, 0.15) is 0 Å². The molecule has 7 heteroatoms. The summed E-state index contributed by atoms with van der Waals surface area (Å²) in [7, 11) is 0. The van der Waals surface area contributed by atoms with Crippen LogP contribution in [0.4, 0.5) is 8.78 Å². The van der Waals surface area contributed by atoms with E-state index in [1.807, 2.05) is 24.3 Å². The number of benzene rings is 2. The fourth-order valence-corrected chi connectivity index (χ4v) is 2.76. The Balaban J connectivity index is 1.54. The van der Waals surface area contributed by atoms with Crippen molar-refractivity contribution in [1.82, 2.24) is 15.5 Å². The number of amides is 1. The van der Waals surface area contributed by atoms with Crippen LogP contribution in [0.3, 0.4) is 0 Å². The van der Waals surface area contributed by atoms with Crippen LogP contribution in [0.25, 0.3) is 11.4 Å². The van der Waals surface area contributed by atoms with Gasteiger partial charge in [-0.05, 0) is 36.6 Å². The van der Waals surface area contributed by atoms with Gasteiger partial charge in [0.15, 0.2) is 11.6 Å². The van der Waals surface area contributed by atoms with Gasteiger partial charge in [0, 0.05) is 18.4 Å². The number of nitrogens with zero attached hydrogens (tertiary/aromatic N) is 2. The molecule has 0 radical (unpaired) electrons. The Bertz CT molecular complexity index is 955. The normalized spacial score (nSPS) is 12.0. The van der Waals surface area contributed by atoms with Gasteiger partial charge in [-0.25, -0.2) is 8.78 Å². The molecule has 2 aromatic carbocycles. The van der Waals surface area contributed by atoms with Crippen molar-refractivity contribution in [3.63, 3.8) is 0 Å². The lowest BCUT2D eigenvalue weighted by Crippen LogP contribution is -2.27. The highest BCUT2D eigenvalue weighted by Gasteiger charge is 2.14. The van der Waals surface area contributed by atoms with E-state index < -0.39 is 17.7 Å². The second-order valence-electron chi connectivity index (χ2n) is 6.52. The second kappa shape index (κ2) is 8.73. The lowest BCUT2D eigenvalue weighted by atomic mass is 10.1. The fourth-order valence-electron chi connectivity index (χ4n) is 2.76. The maximum atomic E-state index is 13.3. The van der Waals surface area contributed by atoms with Gasteiger partial charge in [-0.3, -0.25) is 4.79 Å². The molecule has 0 saturated heterocycles. The summed E-state index contributed by atoms with van der Waals surface area (Å²) in [5, 5.41) is 6.70. The summed E-state index contributed by atoms with van der Waals surface area (Å²) in [5.74, 6) is -1.26. The van der Waals surface area contributed by atoms with Gasteiger partial charge in [-0.15, -0.1) is 0 Å². The van der Waals surface area contributed by atoms with Crippen LogP contribution in [0, 0.1) is 11.6 Å². The zero-order valence-electron chi connectivity index (χ0n) is 15.7. The van der Waals surface area contributed by atoms with Gasteiger partial charge in [0.2, 0.25) is 17.6 Å². The lowest BCUT2D eigenvalue weighted by Gasteiger charge is -2.14. The largest absolute Gasteiger partial charge is 0.350 e. The third-order valence-corrected chi connectivity index (χ3v) is 4.48. The van der Waals surface area contributed by atoms with Crippen molar-refractivity contribution < 1.29 is 18.1 Å². The molecule has 146 valence electrons. The fraction of sp³-hybridized carbons (Fsp3) is 0.286. The zero-order chi connectivity index (χ0) is 20.1. The number of hydrogen-bond donors (Lipinski definition) is 1. The number of nitrogens with one attached hydrogen (secondary N) is 1. The van der Waals surface area contributed by atoms with Crippen molar-refractivity contribution >= 4 is 5.91 Å². The summed E-state index contributed by atoms with van der Waals surface area (Å²) in [6.45, 7) is 3.79. The molecule has 1 unspecified atom stereocenters. The topological polar surface area (TPSA) is 68.0 Å². The number of hydrogen-bond acceptors (Lipinski definition) is 4. The van der Waals surface area contributed by atoms with E-state index in [4.69, 9.17) is 4.52 Å². The number of halogens is 2. The summed E-state index contributed by atoms with van der Waals surface area (Å²) >= 11 is 0. The first kappa shape index (κ1) is 19.7. The Morgan fingerprint density at radius 1 is 1.14 bits per heavy atom. The summed E-state index contributed by atoms with van der Waals surface area (Å²) in [4.78, 5) is 16.4. The molecule has 1 amide bonds. The molecular weight excluding hydrogens is 364 g/mol. The van der Waals surface area contributed by atoms with Crippen molar-refractivity contribution in [3.8, 4) is 11.4 Å². The van der Waals surface area contributed by atoms with E-state index in [0.717, 1.165) is 24.1 Å². The molecule has 0 bridgehead atoms. The van der Waals surface area contributed by atoms with E-state index in [1.165, 1.54) is 11.6 Å². The van der Waals surface area contributed by atoms with Gasteiger partial charge < -0.3 is 9.84 Å². The molecule has 1 atom stereocenters. The van der Waals surface area contributed by atoms with Crippen molar-refractivity contribution in [2.24, 2.45) is 0 Å². The highest BCUT2D eigenvalue weighted by Crippen LogP contribution is 2.18. The maximum Gasteiger partial charge on any atom is 0.227 e. The van der Waals surface area contributed by atoms with Crippen LogP contribution in [-0.4, -0.2) is 16.0 Å². The number of carbonyl (C=O) groups excluding carboxylic acids is 1. The molecule has 28 heavy (non-hydrogen) atoms. The molecule has 3 rings (SSSR count). The number of rotatable bonds is 7. The highest BCUT2D eigenvalue weighted by atomic mass is 19.2. The van der Waals surface area contributed by atoms with Gasteiger partial charge in [0.05, 0.1) is 6.04 Å². The minimum absolute atomic E-state index is 0.143. The van der Waals surface area contributed by atoms with E-state index in [9.17, 15) is 13.6 Å². The maximum absolute atomic E-state index is 13.3. The molecule has 0 fully saturated rings. The van der Waals surface area contributed by atoms with Crippen molar-refractivity contribution in [2.75, 3.05) is 0 Å². The first-order valence-electron chi connectivity index (χ1n) is 9.12. The first-order valence-corrected chi connectivity index (χ1v) is 9.12. The standard InChI is InChI=1S/C21H21F2N3O2/c1-3-14-4-6-15(7-5-14)21-25-20(28-26-21)11-10-19(27)24-13(2)16-8-9-17(22)18(23)12-16/h4-9,12-13H,3,10-11H2,1-2H3,(H,24,27). The van der Waals surface area contributed by atoms with E-state index >= 15 is 0 Å². The average molecular weight is 385 g/mol. The van der Waals surface area contributed by atoms with Gasteiger partial charge in [-0.1, -0.05) is 42.4 Å². The monoisotopic (exact) mass is 385 g/mol. The average Bonchev–Trinajstić information content (AvgIpc) is 3.17. The Hall–Kier alpha value is -3.09. The molecular formula is C21H21F2N3O2. The van der Waals surface area contributed by atoms with Crippen LogP contribution >= 0.6 is 0 Å². The molecule has 0 aliphatic rings. The molecule has 1 N–H and O–H groups in total. The SMILES string of the molecule is CCc1ccc(-c2noc(CCC(=O)NC(C)c3ccc(F)c(F)c3)n2)cc1. The number of carbonyl (C=O) groups is 1. The summed E-state index contributed by atoms with van der Waals surface area (Å²) in [6, 6.07) is 11.0. The predicted molar refractivity (Wildman–Crippen MR) is 100 cm³/mol. The summed E-state index contributed by atoms with van der Waals surface area (Å²) < 4.78 is 31.5. The Kier molecular flexibility index (Phi) is 6.13. The smallest absolute Gasteiger partial charge is 0.227 e. The molecule has 0 saturated carbocycles. The lowest BCUT2D eigenvalue weighted by molar-refractivity contribution is -0.121. The van der Waals surface area contributed by atoms with Crippen LogP contribution < -0.4 is 5.32 Å². The number of aryl methyl sites for hydroxylation is 2. The van der Waals surface area contributed by atoms with Gasteiger partial charge in [-0.2, -0.15) is 4.98 Å². The minimum atomic E-state index is -0.941. The van der Waals surface area contributed by atoms with Crippen molar-refractivity contribution in [2.45, 2.75) is 39.2 Å². The molecule has 1 heterocycles. The highest BCUT2D eigenvalue weighted by molar-refractivity contribution is 5.76. The van der Waals surface area contributed by atoms with Crippen molar-refractivity contribution in [1.29, 1.82) is 0 Å². The van der Waals surface area contributed by atoms with Gasteiger partial charge >= 0.3 is 0 Å². The number of aromatic nitrogens is 2. The second-order valence-corrected chi connectivity index (χ2v) is 6.52. The first-order chi connectivity index (χ1) is 13.5. The molecule has 3 aromatic rings. The Morgan fingerprint density at radius 2 is 1.89 bits per heavy atom. The van der Waals surface area contributed by atoms with Crippen molar-refractivity contribution in [3.05, 3.63) is 71.1 Å². The third-order valence-electron chi connectivity index (χ3n) is 4.48. The molecule has 0 spiro atoms. The summed E-state index contributed by atoms with van der Waals surface area (Å²) in [6.07, 6.45) is 1.39. The van der Waals surface area contributed by atoms with E-state index in [-0.39, 0.29) is 18.7 Å². The van der Waals surface area contributed by atoms with Gasteiger partial charge in [0.25, 0.3) is 0 Å². The van der Waals surface area contributed by atoms with Crippen LogP contribution in [0.2, 0.25) is 0 Å². The molecule has 5 nitrogen and oxygen atoms in total. The quantitative estimate of drug-likeness (QED) is 0.655. The van der Waals surface area contributed by atoms with Crippen LogP contribution in [0.5, 0.6) is 0 Å². The molecule has 1 aromatic heterocycles. The van der Waals surface area contributed by atoms with E-state index in [0.29, 0.717) is 17.3 Å². The Morgan fingerprint density at radius 3 is 2.57 bits per heavy atom. The van der Waals surface area contributed by atoms with Crippen LogP contribution in [0.1, 0.15) is 43.3 Å². The third kappa shape index (κ3) is 4.79. The van der Waals surface area contributed by atoms with Crippen LogP contribution in [0.15, 0.2) is 47.0 Å².